The summed E-state index contributed by atoms with van der Waals surface area (Å²) in [6.07, 6.45) is 1.12. The molecule has 0 aliphatic carbocycles. The Kier molecular flexibility index (Phi) is 1.20. The van der Waals surface area contributed by atoms with E-state index in [0.717, 1.165) is 18.8 Å². The van der Waals surface area contributed by atoms with E-state index in [1.807, 2.05) is 0 Å². The van der Waals surface area contributed by atoms with Gasteiger partial charge in [-0.3, -0.25) is 0 Å². The van der Waals surface area contributed by atoms with Crippen molar-refractivity contribution in [2.45, 2.75) is 19.4 Å². The average Bonchev–Trinajstić information content (AvgIpc) is 2.10. The van der Waals surface area contributed by atoms with E-state index in [4.69, 9.17) is 4.52 Å². The third kappa shape index (κ3) is 0.806. The Morgan fingerprint density at radius 1 is 1.70 bits per heavy atom. The Balaban J connectivity index is 2.17. The third-order valence-electron chi connectivity index (χ3n) is 1.68. The molecule has 0 saturated carbocycles. The van der Waals surface area contributed by atoms with Gasteiger partial charge < -0.3 is 9.84 Å². The molecule has 0 spiro atoms. The maximum absolute atomic E-state index is 4.82. The maximum atomic E-state index is 4.82. The molecule has 1 aliphatic heterocycles. The van der Waals surface area contributed by atoms with E-state index in [9.17, 15) is 0 Å². The van der Waals surface area contributed by atoms with Gasteiger partial charge in [0, 0.05) is 6.92 Å². The van der Waals surface area contributed by atoms with Crippen LogP contribution in [0.4, 0.5) is 0 Å². The minimum absolute atomic E-state index is 0.345. The highest BCUT2D eigenvalue weighted by Gasteiger charge is 2.22. The zero-order valence-electron chi connectivity index (χ0n) is 5.79. The number of nitrogens with zero attached hydrogens (tertiary/aromatic N) is 2. The summed E-state index contributed by atoms with van der Waals surface area (Å²) in [6, 6.07) is 0.345. The Labute approximate surface area is 58.6 Å². The van der Waals surface area contributed by atoms with Crippen molar-refractivity contribution < 1.29 is 4.52 Å². The van der Waals surface area contributed by atoms with Crippen LogP contribution in [-0.4, -0.2) is 16.7 Å². The van der Waals surface area contributed by atoms with Crippen LogP contribution in [0.5, 0.6) is 0 Å². The summed E-state index contributed by atoms with van der Waals surface area (Å²) >= 11 is 0. The lowest BCUT2D eigenvalue weighted by Gasteiger charge is -2.23. The molecule has 0 radical (unpaired) electrons. The first-order valence-corrected chi connectivity index (χ1v) is 3.40. The second-order valence-electron chi connectivity index (χ2n) is 2.47. The monoisotopic (exact) mass is 139 g/mol. The number of hydrogen-bond donors (Lipinski definition) is 1. The van der Waals surface area contributed by atoms with Crippen LogP contribution in [0, 0.1) is 6.92 Å². The van der Waals surface area contributed by atoms with E-state index < -0.39 is 0 Å². The largest absolute Gasteiger partial charge is 0.340 e. The van der Waals surface area contributed by atoms with E-state index in [2.05, 4.69) is 15.5 Å². The van der Waals surface area contributed by atoms with Gasteiger partial charge in [0.25, 0.3) is 0 Å². The quantitative estimate of drug-likeness (QED) is 0.612. The standard InChI is InChI=1S/C6H9N3O/c1-4-8-6(9-10-4)5-2-3-7-5/h5,7H,2-3H2,1H3/t5-/m0/s1. The Morgan fingerprint density at radius 2 is 2.50 bits per heavy atom. The molecule has 0 unspecified atom stereocenters. The van der Waals surface area contributed by atoms with Gasteiger partial charge in [0.15, 0.2) is 5.82 Å². The summed E-state index contributed by atoms with van der Waals surface area (Å²) in [7, 11) is 0. The molecular weight excluding hydrogens is 130 g/mol. The van der Waals surface area contributed by atoms with Crippen molar-refractivity contribution in [2.75, 3.05) is 6.54 Å². The minimum Gasteiger partial charge on any atom is -0.340 e. The second-order valence-corrected chi connectivity index (χ2v) is 2.47. The molecule has 54 valence electrons. The van der Waals surface area contributed by atoms with Crippen LogP contribution in [0.25, 0.3) is 0 Å². The molecule has 1 aromatic rings. The maximum Gasteiger partial charge on any atom is 0.223 e. The van der Waals surface area contributed by atoms with Gasteiger partial charge in [0.05, 0.1) is 6.04 Å². The summed E-state index contributed by atoms with van der Waals surface area (Å²) in [5, 5.41) is 6.98. The number of aromatic nitrogens is 2. The normalized spacial score (nSPS) is 24.3. The summed E-state index contributed by atoms with van der Waals surface area (Å²) in [4.78, 5) is 4.09. The molecule has 10 heavy (non-hydrogen) atoms. The number of nitrogens with one attached hydrogen (secondary N) is 1. The molecule has 0 aromatic carbocycles. The molecule has 1 N–H and O–H groups in total. The smallest absolute Gasteiger partial charge is 0.223 e. The molecule has 1 saturated heterocycles. The molecule has 1 fully saturated rings. The van der Waals surface area contributed by atoms with Crippen molar-refractivity contribution >= 4 is 0 Å². The summed E-state index contributed by atoms with van der Waals surface area (Å²) < 4.78 is 4.82. The highest BCUT2D eigenvalue weighted by molar-refractivity contribution is 4.97. The molecular formula is C6H9N3O. The first-order chi connectivity index (χ1) is 4.86. The van der Waals surface area contributed by atoms with Crippen LogP contribution in [-0.2, 0) is 0 Å². The fraction of sp³-hybridized carbons (Fsp3) is 0.667. The molecule has 0 bridgehead atoms. The van der Waals surface area contributed by atoms with Crippen LogP contribution in [0.1, 0.15) is 24.2 Å². The Hall–Kier alpha value is -0.900. The lowest BCUT2D eigenvalue weighted by atomic mass is 10.1. The number of aryl methyl sites for hydroxylation is 1. The first-order valence-electron chi connectivity index (χ1n) is 3.40. The topological polar surface area (TPSA) is 51.0 Å². The van der Waals surface area contributed by atoms with Crippen LogP contribution in [0.15, 0.2) is 4.52 Å². The highest BCUT2D eigenvalue weighted by atomic mass is 16.5. The Bertz CT molecular complexity index is 229. The van der Waals surface area contributed by atoms with E-state index in [-0.39, 0.29) is 0 Å². The molecule has 4 nitrogen and oxygen atoms in total. The fourth-order valence-corrected chi connectivity index (χ4v) is 0.966. The average molecular weight is 139 g/mol. The van der Waals surface area contributed by atoms with E-state index in [1.165, 1.54) is 0 Å². The van der Waals surface area contributed by atoms with Crippen molar-refractivity contribution in [3.63, 3.8) is 0 Å². The number of rotatable bonds is 1. The lowest BCUT2D eigenvalue weighted by Crippen LogP contribution is -2.35. The van der Waals surface area contributed by atoms with E-state index in [1.54, 1.807) is 6.92 Å². The van der Waals surface area contributed by atoms with Gasteiger partial charge >= 0.3 is 0 Å². The minimum atomic E-state index is 0.345. The van der Waals surface area contributed by atoms with Crippen molar-refractivity contribution in [2.24, 2.45) is 0 Å². The van der Waals surface area contributed by atoms with Crippen molar-refractivity contribution in [3.05, 3.63) is 11.7 Å². The molecule has 0 amide bonds. The number of hydrogen-bond acceptors (Lipinski definition) is 4. The second kappa shape index (κ2) is 2.05. The predicted octanol–water partition coefficient (Wildman–Crippen LogP) is 0.412. The zero-order chi connectivity index (χ0) is 6.97. The molecule has 1 atom stereocenters. The third-order valence-corrected chi connectivity index (χ3v) is 1.68. The highest BCUT2D eigenvalue weighted by Crippen LogP contribution is 2.18. The van der Waals surface area contributed by atoms with Gasteiger partial charge in [-0.15, -0.1) is 0 Å². The van der Waals surface area contributed by atoms with Crippen LogP contribution < -0.4 is 5.32 Å². The van der Waals surface area contributed by atoms with E-state index in [0.29, 0.717) is 11.9 Å². The fourth-order valence-electron chi connectivity index (χ4n) is 0.966. The first kappa shape index (κ1) is 5.85. The van der Waals surface area contributed by atoms with Crippen molar-refractivity contribution in [1.29, 1.82) is 0 Å². The van der Waals surface area contributed by atoms with Gasteiger partial charge in [0.2, 0.25) is 5.89 Å². The van der Waals surface area contributed by atoms with Crippen molar-refractivity contribution in [3.8, 4) is 0 Å². The molecule has 1 aromatic heterocycles. The molecule has 2 heterocycles. The predicted molar refractivity (Wildman–Crippen MR) is 34.4 cm³/mol. The lowest BCUT2D eigenvalue weighted by molar-refractivity contribution is 0.335. The molecule has 4 heteroatoms. The summed E-state index contributed by atoms with van der Waals surface area (Å²) in [6.45, 7) is 2.87. The summed E-state index contributed by atoms with van der Waals surface area (Å²) in [5.41, 5.74) is 0. The van der Waals surface area contributed by atoms with Crippen LogP contribution >= 0.6 is 0 Å². The van der Waals surface area contributed by atoms with Crippen LogP contribution in [0.3, 0.4) is 0 Å². The van der Waals surface area contributed by atoms with Gasteiger partial charge in [-0.05, 0) is 13.0 Å². The van der Waals surface area contributed by atoms with Gasteiger partial charge in [-0.25, -0.2) is 0 Å². The van der Waals surface area contributed by atoms with Crippen LogP contribution in [0.2, 0.25) is 0 Å². The van der Waals surface area contributed by atoms with Crippen molar-refractivity contribution in [1.82, 2.24) is 15.5 Å². The van der Waals surface area contributed by atoms with E-state index >= 15 is 0 Å². The molecule has 2 rings (SSSR count). The Morgan fingerprint density at radius 3 is 2.90 bits per heavy atom. The van der Waals surface area contributed by atoms with Gasteiger partial charge in [0.1, 0.15) is 0 Å². The van der Waals surface area contributed by atoms with Gasteiger partial charge in [-0.1, -0.05) is 5.16 Å². The molecule has 1 aliphatic rings. The summed E-state index contributed by atoms with van der Waals surface area (Å²) in [5.74, 6) is 1.44. The van der Waals surface area contributed by atoms with Gasteiger partial charge in [-0.2, -0.15) is 4.98 Å². The SMILES string of the molecule is Cc1nc([C@@H]2CCN2)no1. The zero-order valence-corrected chi connectivity index (χ0v) is 5.79.